The first-order chi connectivity index (χ1) is 7.37. The summed E-state index contributed by atoms with van der Waals surface area (Å²) in [7, 11) is 1.66. The maximum absolute atomic E-state index is 11.5. The Bertz CT molecular complexity index is 203. The van der Waals surface area contributed by atoms with Crippen LogP contribution in [0.1, 0.15) is 34.1 Å². The molecule has 1 amide bonds. The summed E-state index contributed by atoms with van der Waals surface area (Å²) in [5, 5.41) is 6.05. The van der Waals surface area contributed by atoms with Gasteiger partial charge in [0.05, 0.1) is 13.2 Å². The van der Waals surface area contributed by atoms with Crippen LogP contribution in [0.15, 0.2) is 0 Å². The molecule has 16 heavy (non-hydrogen) atoms. The lowest BCUT2D eigenvalue weighted by molar-refractivity contribution is -0.120. The molecule has 2 N–H and O–H groups in total. The van der Waals surface area contributed by atoms with Crippen molar-refractivity contribution in [1.82, 2.24) is 10.6 Å². The van der Waals surface area contributed by atoms with Gasteiger partial charge in [0, 0.05) is 19.2 Å². The minimum absolute atomic E-state index is 0.0461. The minimum atomic E-state index is -0.163. The quantitative estimate of drug-likeness (QED) is 0.658. The first-order valence-corrected chi connectivity index (χ1v) is 5.88. The molecule has 4 heteroatoms. The molecular formula is C12H26N2O2. The number of methoxy groups -OCH3 is 1. The molecule has 0 aromatic heterocycles. The molecule has 0 aromatic rings. The van der Waals surface area contributed by atoms with Crippen LogP contribution < -0.4 is 10.6 Å². The van der Waals surface area contributed by atoms with Crippen LogP contribution in [0.25, 0.3) is 0 Å². The molecule has 0 aliphatic heterocycles. The number of rotatable bonds is 8. The average molecular weight is 230 g/mol. The molecule has 0 saturated heterocycles. The molecule has 0 spiro atoms. The lowest BCUT2D eigenvalue weighted by Crippen LogP contribution is -2.48. The van der Waals surface area contributed by atoms with Gasteiger partial charge in [-0.15, -0.1) is 0 Å². The number of hydrogen-bond donors (Lipinski definition) is 2. The Kier molecular flexibility index (Phi) is 7.34. The number of nitrogens with one attached hydrogen (secondary N) is 2. The van der Waals surface area contributed by atoms with Gasteiger partial charge in [-0.1, -0.05) is 13.8 Å². The Morgan fingerprint density at radius 1 is 1.38 bits per heavy atom. The van der Waals surface area contributed by atoms with Gasteiger partial charge in [-0.05, 0) is 26.2 Å². The van der Waals surface area contributed by atoms with E-state index in [1.807, 2.05) is 13.8 Å². The van der Waals surface area contributed by atoms with E-state index in [1.54, 1.807) is 7.11 Å². The highest BCUT2D eigenvalue weighted by Crippen LogP contribution is 2.01. The predicted molar refractivity (Wildman–Crippen MR) is 66.4 cm³/mol. The van der Waals surface area contributed by atoms with Gasteiger partial charge in [-0.25, -0.2) is 0 Å². The Balaban J connectivity index is 3.64. The molecule has 0 aliphatic carbocycles. The first-order valence-electron chi connectivity index (χ1n) is 5.88. The van der Waals surface area contributed by atoms with Gasteiger partial charge in [0.25, 0.3) is 0 Å². The highest BCUT2D eigenvalue weighted by molar-refractivity contribution is 5.78. The van der Waals surface area contributed by atoms with Gasteiger partial charge in [-0.3, -0.25) is 4.79 Å². The summed E-state index contributed by atoms with van der Waals surface area (Å²) in [5.74, 6) is 0.669. The van der Waals surface area contributed by atoms with Crippen LogP contribution in [0.5, 0.6) is 0 Å². The van der Waals surface area contributed by atoms with Crippen molar-refractivity contribution in [2.75, 3.05) is 26.8 Å². The smallest absolute Gasteiger partial charge is 0.233 e. The summed E-state index contributed by atoms with van der Waals surface area (Å²) in [6.45, 7) is 10.00. The van der Waals surface area contributed by atoms with Gasteiger partial charge in [0.1, 0.15) is 0 Å². The van der Waals surface area contributed by atoms with Gasteiger partial charge in [0.15, 0.2) is 0 Å². The molecule has 0 saturated carbocycles. The van der Waals surface area contributed by atoms with Crippen LogP contribution in [-0.2, 0) is 9.53 Å². The molecule has 0 heterocycles. The van der Waals surface area contributed by atoms with Gasteiger partial charge < -0.3 is 15.4 Å². The fraction of sp³-hybridized carbons (Fsp3) is 0.917. The molecule has 96 valence electrons. The van der Waals surface area contributed by atoms with Crippen molar-refractivity contribution in [3.63, 3.8) is 0 Å². The van der Waals surface area contributed by atoms with E-state index in [1.165, 1.54) is 0 Å². The van der Waals surface area contributed by atoms with Crippen molar-refractivity contribution >= 4 is 5.91 Å². The van der Waals surface area contributed by atoms with E-state index in [9.17, 15) is 4.79 Å². The van der Waals surface area contributed by atoms with Crippen LogP contribution >= 0.6 is 0 Å². The lowest BCUT2D eigenvalue weighted by Gasteiger charge is -2.25. The lowest BCUT2D eigenvalue weighted by atomic mass is 10.1. The van der Waals surface area contributed by atoms with Crippen molar-refractivity contribution in [1.29, 1.82) is 0 Å². The topological polar surface area (TPSA) is 50.4 Å². The summed E-state index contributed by atoms with van der Waals surface area (Å²) in [6.07, 6.45) is 1.02. The number of ether oxygens (including phenoxy) is 1. The van der Waals surface area contributed by atoms with Gasteiger partial charge in [-0.2, -0.15) is 0 Å². The summed E-state index contributed by atoms with van der Waals surface area (Å²) < 4.78 is 5.06. The van der Waals surface area contributed by atoms with E-state index in [-0.39, 0.29) is 11.4 Å². The van der Waals surface area contributed by atoms with Gasteiger partial charge in [0.2, 0.25) is 5.91 Å². The maximum atomic E-state index is 11.5. The fourth-order valence-electron chi connectivity index (χ4n) is 1.29. The van der Waals surface area contributed by atoms with Crippen LogP contribution in [0.2, 0.25) is 0 Å². The highest BCUT2D eigenvalue weighted by Gasteiger charge is 2.17. The second-order valence-electron chi connectivity index (χ2n) is 5.20. The molecule has 0 unspecified atom stereocenters. The Morgan fingerprint density at radius 2 is 2.00 bits per heavy atom. The minimum Gasteiger partial charge on any atom is -0.383 e. The van der Waals surface area contributed by atoms with Crippen molar-refractivity contribution in [3.05, 3.63) is 0 Å². The average Bonchev–Trinajstić information content (AvgIpc) is 2.14. The van der Waals surface area contributed by atoms with Crippen molar-refractivity contribution in [3.8, 4) is 0 Å². The zero-order valence-electron chi connectivity index (χ0n) is 11.2. The largest absolute Gasteiger partial charge is 0.383 e. The van der Waals surface area contributed by atoms with Crippen LogP contribution in [0.4, 0.5) is 0 Å². The summed E-state index contributed by atoms with van der Waals surface area (Å²) in [4.78, 5) is 11.5. The standard InChI is InChI=1S/C12H26N2O2/c1-10(2)6-7-13-11(15)8-14-12(3,4)9-16-5/h10,14H,6-9H2,1-5H3,(H,13,15). The SMILES string of the molecule is COCC(C)(C)NCC(=O)NCCC(C)C. The predicted octanol–water partition coefficient (Wildman–Crippen LogP) is 1.16. The Morgan fingerprint density at radius 3 is 2.50 bits per heavy atom. The van der Waals surface area contributed by atoms with Crippen molar-refractivity contribution in [2.24, 2.45) is 5.92 Å². The molecule has 0 aliphatic rings. The third kappa shape index (κ3) is 8.68. The zero-order chi connectivity index (χ0) is 12.6. The molecule has 0 bridgehead atoms. The Labute approximate surface area is 99.1 Å². The van der Waals surface area contributed by atoms with E-state index in [0.29, 0.717) is 19.1 Å². The third-order valence-corrected chi connectivity index (χ3v) is 2.28. The summed E-state index contributed by atoms with van der Waals surface area (Å²) in [6, 6.07) is 0. The fourth-order valence-corrected chi connectivity index (χ4v) is 1.29. The van der Waals surface area contributed by atoms with E-state index >= 15 is 0 Å². The summed E-state index contributed by atoms with van der Waals surface area (Å²) in [5.41, 5.74) is -0.163. The number of hydrogen-bond acceptors (Lipinski definition) is 3. The molecule has 0 fully saturated rings. The van der Waals surface area contributed by atoms with Crippen molar-refractivity contribution < 1.29 is 9.53 Å². The maximum Gasteiger partial charge on any atom is 0.233 e. The summed E-state index contributed by atoms with van der Waals surface area (Å²) >= 11 is 0. The van der Waals surface area contributed by atoms with Crippen LogP contribution in [0, 0.1) is 5.92 Å². The third-order valence-electron chi connectivity index (χ3n) is 2.28. The second kappa shape index (κ2) is 7.63. The molecule has 0 atom stereocenters. The molecule has 0 aromatic carbocycles. The number of amides is 1. The molecule has 0 rings (SSSR count). The van der Waals surface area contributed by atoms with E-state index in [2.05, 4.69) is 24.5 Å². The first kappa shape index (κ1) is 15.4. The van der Waals surface area contributed by atoms with Crippen LogP contribution in [0.3, 0.4) is 0 Å². The number of carbonyl (C=O) groups is 1. The van der Waals surface area contributed by atoms with Crippen LogP contribution in [-0.4, -0.2) is 38.3 Å². The zero-order valence-corrected chi connectivity index (χ0v) is 11.2. The van der Waals surface area contributed by atoms with E-state index in [4.69, 9.17) is 4.74 Å². The Hall–Kier alpha value is -0.610. The number of carbonyl (C=O) groups excluding carboxylic acids is 1. The second-order valence-corrected chi connectivity index (χ2v) is 5.20. The van der Waals surface area contributed by atoms with E-state index < -0.39 is 0 Å². The highest BCUT2D eigenvalue weighted by atomic mass is 16.5. The monoisotopic (exact) mass is 230 g/mol. The normalized spacial score (nSPS) is 11.9. The molecule has 4 nitrogen and oxygen atoms in total. The van der Waals surface area contributed by atoms with Gasteiger partial charge >= 0.3 is 0 Å². The van der Waals surface area contributed by atoms with E-state index in [0.717, 1.165) is 13.0 Å². The molecule has 0 radical (unpaired) electrons. The molecular weight excluding hydrogens is 204 g/mol. The van der Waals surface area contributed by atoms with Crippen molar-refractivity contribution in [2.45, 2.75) is 39.7 Å².